The average Bonchev–Trinajstić information content (AvgIpc) is 2.52. The van der Waals surface area contributed by atoms with E-state index in [9.17, 15) is 4.39 Å². The summed E-state index contributed by atoms with van der Waals surface area (Å²) in [4.78, 5) is 8.14. The van der Waals surface area contributed by atoms with Gasteiger partial charge in [-0.05, 0) is 6.92 Å². The third kappa shape index (κ3) is 1.98. The minimum atomic E-state index is -0.961. The lowest BCUT2D eigenvalue weighted by atomic mass is 10.2. The zero-order chi connectivity index (χ0) is 9.97. The second kappa shape index (κ2) is 3.88. The lowest BCUT2D eigenvalue weighted by Crippen LogP contribution is -2.29. The second-order valence-corrected chi connectivity index (χ2v) is 3.35. The summed E-state index contributed by atoms with van der Waals surface area (Å²) in [6.45, 7) is 2.39. The van der Waals surface area contributed by atoms with Crippen LogP contribution < -0.4 is 5.32 Å². The van der Waals surface area contributed by atoms with Crippen molar-refractivity contribution < 1.29 is 9.13 Å². The summed E-state index contributed by atoms with van der Waals surface area (Å²) in [5, 5.41) is 2.96. The Morgan fingerprint density at radius 2 is 2.36 bits per heavy atom. The van der Waals surface area contributed by atoms with Crippen LogP contribution in [0.4, 0.5) is 10.2 Å². The standard InChI is InChI=1S/C9H12FN3O/c1-6-2-11-3-9(12-6)13-8-5-14-4-7(8)10/h2-3,7-8H,4-5H2,1H3,(H,12,13). The molecule has 2 rings (SSSR count). The molecule has 1 aromatic heterocycles. The van der Waals surface area contributed by atoms with Crippen LogP contribution in [0.3, 0.4) is 0 Å². The van der Waals surface area contributed by atoms with Crippen molar-refractivity contribution in [3.8, 4) is 0 Å². The van der Waals surface area contributed by atoms with E-state index in [4.69, 9.17) is 4.74 Å². The number of nitrogens with zero attached hydrogens (tertiary/aromatic N) is 2. The van der Waals surface area contributed by atoms with E-state index in [1.807, 2.05) is 6.92 Å². The Hall–Kier alpha value is -1.23. The largest absolute Gasteiger partial charge is 0.376 e. The lowest BCUT2D eigenvalue weighted by molar-refractivity contribution is 0.173. The molecule has 0 radical (unpaired) electrons. The van der Waals surface area contributed by atoms with Crippen LogP contribution >= 0.6 is 0 Å². The molecule has 1 aliphatic heterocycles. The molecule has 0 saturated carbocycles. The molecule has 1 N–H and O–H groups in total. The zero-order valence-corrected chi connectivity index (χ0v) is 7.90. The number of alkyl halides is 1. The molecule has 1 aromatic rings. The van der Waals surface area contributed by atoms with E-state index >= 15 is 0 Å². The molecule has 2 unspecified atom stereocenters. The highest BCUT2D eigenvalue weighted by atomic mass is 19.1. The van der Waals surface area contributed by atoms with E-state index in [-0.39, 0.29) is 12.6 Å². The number of halogens is 1. The first-order valence-electron chi connectivity index (χ1n) is 4.53. The van der Waals surface area contributed by atoms with Gasteiger partial charge in [0.15, 0.2) is 0 Å². The highest BCUT2D eigenvalue weighted by molar-refractivity contribution is 5.33. The summed E-state index contributed by atoms with van der Waals surface area (Å²) in [5.41, 5.74) is 0.810. The summed E-state index contributed by atoms with van der Waals surface area (Å²) in [6.07, 6.45) is 2.28. The molecule has 0 bridgehead atoms. The maximum Gasteiger partial charge on any atom is 0.146 e. The third-order valence-electron chi connectivity index (χ3n) is 2.10. The minimum Gasteiger partial charge on any atom is -0.376 e. The molecule has 2 atom stereocenters. The second-order valence-electron chi connectivity index (χ2n) is 3.35. The molecule has 5 heteroatoms. The predicted molar refractivity (Wildman–Crippen MR) is 49.9 cm³/mol. The van der Waals surface area contributed by atoms with E-state index in [1.165, 1.54) is 0 Å². The van der Waals surface area contributed by atoms with Gasteiger partial charge in [0.1, 0.15) is 12.0 Å². The first kappa shape index (κ1) is 9.33. The molecular formula is C9H12FN3O. The fourth-order valence-electron chi connectivity index (χ4n) is 1.38. The van der Waals surface area contributed by atoms with Gasteiger partial charge >= 0.3 is 0 Å². The van der Waals surface area contributed by atoms with Gasteiger partial charge in [-0.3, -0.25) is 4.98 Å². The van der Waals surface area contributed by atoms with Crippen LogP contribution in [0, 0.1) is 6.92 Å². The van der Waals surface area contributed by atoms with Gasteiger partial charge < -0.3 is 10.1 Å². The van der Waals surface area contributed by atoms with Crippen molar-refractivity contribution in [1.29, 1.82) is 0 Å². The molecule has 0 spiro atoms. The molecule has 76 valence electrons. The van der Waals surface area contributed by atoms with Crippen LogP contribution in [0.5, 0.6) is 0 Å². The SMILES string of the molecule is Cc1cncc(NC2COCC2F)n1. The molecule has 0 aromatic carbocycles. The Kier molecular flexibility index (Phi) is 2.58. The highest BCUT2D eigenvalue weighted by Gasteiger charge is 2.27. The Morgan fingerprint density at radius 1 is 1.50 bits per heavy atom. The molecule has 14 heavy (non-hydrogen) atoms. The van der Waals surface area contributed by atoms with Crippen molar-refractivity contribution in [2.45, 2.75) is 19.1 Å². The number of rotatable bonds is 2. The Bertz CT molecular complexity index is 321. The average molecular weight is 197 g/mol. The van der Waals surface area contributed by atoms with Gasteiger partial charge in [0, 0.05) is 6.20 Å². The van der Waals surface area contributed by atoms with Gasteiger partial charge in [0.05, 0.1) is 31.1 Å². The number of aromatic nitrogens is 2. The van der Waals surface area contributed by atoms with Crippen LogP contribution in [0.15, 0.2) is 12.4 Å². The highest BCUT2D eigenvalue weighted by Crippen LogP contribution is 2.14. The fraction of sp³-hybridized carbons (Fsp3) is 0.556. The van der Waals surface area contributed by atoms with Crippen molar-refractivity contribution in [3.63, 3.8) is 0 Å². The molecule has 1 saturated heterocycles. The Morgan fingerprint density at radius 3 is 3.00 bits per heavy atom. The number of nitrogens with one attached hydrogen (secondary N) is 1. The van der Waals surface area contributed by atoms with E-state index in [2.05, 4.69) is 15.3 Å². The monoisotopic (exact) mass is 197 g/mol. The van der Waals surface area contributed by atoms with Crippen LogP contribution in [-0.2, 0) is 4.74 Å². The van der Waals surface area contributed by atoms with Crippen LogP contribution in [-0.4, -0.2) is 35.4 Å². The maximum atomic E-state index is 13.1. The quantitative estimate of drug-likeness (QED) is 0.766. The van der Waals surface area contributed by atoms with Crippen molar-refractivity contribution >= 4 is 5.82 Å². The van der Waals surface area contributed by atoms with Crippen LogP contribution in [0.2, 0.25) is 0 Å². The molecule has 0 aliphatic carbocycles. The van der Waals surface area contributed by atoms with E-state index in [0.29, 0.717) is 12.4 Å². The van der Waals surface area contributed by atoms with Gasteiger partial charge in [-0.2, -0.15) is 0 Å². The first-order chi connectivity index (χ1) is 6.75. The molecule has 1 fully saturated rings. The minimum absolute atomic E-state index is 0.164. The zero-order valence-electron chi connectivity index (χ0n) is 7.90. The molecule has 4 nitrogen and oxygen atoms in total. The van der Waals surface area contributed by atoms with Crippen molar-refractivity contribution in [2.75, 3.05) is 18.5 Å². The number of aryl methyl sites for hydroxylation is 1. The number of ether oxygens (including phenoxy) is 1. The van der Waals surface area contributed by atoms with E-state index in [0.717, 1.165) is 5.69 Å². The van der Waals surface area contributed by atoms with Gasteiger partial charge in [0.2, 0.25) is 0 Å². The van der Waals surface area contributed by atoms with Crippen molar-refractivity contribution in [1.82, 2.24) is 9.97 Å². The van der Waals surface area contributed by atoms with Gasteiger partial charge in [-0.15, -0.1) is 0 Å². The summed E-state index contributed by atoms with van der Waals surface area (Å²) >= 11 is 0. The van der Waals surface area contributed by atoms with Crippen LogP contribution in [0.1, 0.15) is 5.69 Å². The summed E-state index contributed by atoms with van der Waals surface area (Å²) in [5.74, 6) is 0.600. The van der Waals surface area contributed by atoms with Gasteiger partial charge in [-0.25, -0.2) is 9.37 Å². The number of hydrogen-bond donors (Lipinski definition) is 1. The summed E-state index contributed by atoms with van der Waals surface area (Å²) in [6, 6.07) is -0.300. The number of hydrogen-bond acceptors (Lipinski definition) is 4. The van der Waals surface area contributed by atoms with Crippen molar-refractivity contribution in [3.05, 3.63) is 18.1 Å². The lowest BCUT2D eigenvalue weighted by Gasteiger charge is -2.13. The number of anilines is 1. The van der Waals surface area contributed by atoms with E-state index < -0.39 is 6.17 Å². The van der Waals surface area contributed by atoms with Crippen LogP contribution in [0.25, 0.3) is 0 Å². The molecule has 0 amide bonds. The fourth-order valence-corrected chi connectivity index (χ4v) is 1.38. The van der Waals surface area contributed by atoms with Gasteiger partial charge in [0.25, 0.3) is 0 Å². The smallest absolute Gasteiger partial charge is 0.146 e. The predicted octanol–water partition coefficient (Wildman–Crippen LogP) is 0.934. The maximum absolute atomic E-state index is 13.1. The third-order valence-corrected chi connectivity index (χ3v) is 2.10. The first-order valence-corrected chi connectivity index (χ1v) is 4.53. The Labute approximate surface area is 81.5 Å². The van der Waals surface area contributed by atoms with Gasteiger partial charge in [-0.1, -0.05) is 0 Å². The summed E-state index contributed by atoms with van der Waals surface area (Å²) < 4.78 is 18.1. The normalized spacial score (nSPS) is 26.4. The molecular weight excluding hydrogens is 185 g/mol. The molecule has 1 aliphatic rings. The topological polar surface area (TPSA) is 47.0 Å². The molecule has 2 heterocycles. The Balaban J connectivity index is 2.03. The van der Waals surface area contributed by atoms with E-state index in [1.54, 1.807) is 12.4 Å². The summed E-state index contributed by atoms with van der Waals surface area (Å²) in [7, 11) is 0. The van der Waals surface area contributed by atoms with Crippen molar-refractivity contribution in [2.24, 2.45) is 0 Å².